The second-order valence-corrected chi connectivity index (χ2v) is 5.56. The number of rotatable bonds is 3. The average Bonchev–Trinajstić information content (AvgIpc) is 2.40. The zero-order valence-corrected chi connectivity index (χ0v) is 10.5. The molecule has 0 saturated heterocycles. The lowest BCUT2D eigenvalue weighted by Crippen LogP contribution is -1.96. The Balaban J connectivity index is 2.20. The monoisotopic (exact) mass is 243 g/mol. The predicted molar refractivity (Wildman–Crippen MR) is 75.0 cm³/mol. The van der Waals surface area contributed by atoms with Gasteiger partial charge in [-0.3, -0.25) is 0 Å². The van der Waals surface area contributed by atoms with Crippen molar-refractivity contribution in [1.29, 1.82) is 0 Å². The summed E-state index contributed by atoms with van der Waals surface area (Å²) >= 11 is 0. The smallest absolute Gasteiger partial charge is 0.171 e. The fourth-order valence-electron chi connectivity index (χ4n) is 1.55. The highest BCUT2D eigenvalue weighted by Gasteiger charge is 2.14. The van der Waals surface area contributed by atoms with Crippen LogP contribution in [0.1, 0.15) is 5.56 Å². The zero-order valence-electron chi connectivity index (χ0n) is 9.71. The molecule has 0 aromatic heterocycles. The van der Waals surface area contributed by atoms with E-state index in [1.165, 1.54) is 4.90 Å². The second kappa shape index (κ2) is 5.60. The Morgan fingerprint density at radius 1 is 0.941 bits per heavy atom. The minimum Gasteiger partial charge on any atom is -0.503 e. The first-order valence-corrected chi connectivity index (χ1v) is 7.13. The molecular formula is C15H15OS+. The molecule has 0 aliphatic carbocycles. The molecule has 0 amide bonds. The molecule has 2 heteroatoms. The van der Waals surface area contributed by atoms with Crippen LogP contribution in [0, 0.1) is 0 Å². The first kappa shape index (κ1) is 11.8. The minimum absolute atomic E-state index is 0.0760. The van der Waals surface area contributed by atoms with E-state index in [1.54, 1.807) is 0 Å². The van der Waals surface area contributed by atoms with Crippen molar-refractivity contribution >= 4 is 16.7 Å². The molecule has 2 rings (SSSR count). The summed E-state index contributed by atoms with van der Waals surface area (Å²) in [6.07, 6.45) is 2.11. The lowest BCUT2D eigenvalue weighted by molar-refractivity contribution is 0.513. The molecule has 0 saturated carbocycles. The van der Waals surface area contributed by atoms with Gasteiger partial charge < -0.3 is 5.11 Å². The maximum Gasteiger partial charge on any atom is 0.171 e. The topological polar surface area (TPSA) is 20.2 Å². The Bertz CT molecular complexity index is 491. The molecule has 0 aliphatic heterocycles. The van der Waals surface area contributed by atoms with Gasteiger partial charge in [-0.15, -0.1) is 0 Å². The van der Waals surface area contributed by atoms with Crippen LogP contribution in [0.3, 0.4) is 0 Å². The van der Waals surface area contributed by atoms with E-state index in [0.717, 1.165) is 5.56 Å². The molecule has 1 nitrogen and oxygen atoms in total. The number of hydrogen-bond acceptors (Lipinski definition) is 1. The molecule has 0 radical (unpaired) electrons. The van der Waals surface area contributed by atoms with E-state index >= 15 is 0 Å². The number of benzene rings is 2. The summed E-state index contributed by atoms with van der Waals surface area (Å²) in [7, 11) is -0.0760. The first-order valence-electron chi connectivity index (χ1n) is 5.43. The highest BCUT2D eigenvalue weighted by atomic mass is 32.2. The number of hydrogen-bond donors (Lipinski definition) is 1. The van der Waals surface area contributed by atoms with Crippen molar-refractivity contribution in [3.05, 3.63) is 71.6 Å². The van der Waals surface area contributed by atoms with Gasteiger partial charge >= 0.3 is 0 Å². The Morgan fingerprint density at radius 3 is 2.06 bits per heavy atom. The molecule has 1 unspecified atom stereocenters. The van der Waals surface area contributed by atoms with E-state index < -0.39 is 0 Å². The van der Waals surface area contributed by atoms with Crippen LogP contribution in [0.5, 0.6) is 0 Å². The van der Waals surface area contributed by atoms with Crippen LogP contribution in [-0.2, 0) is 10.9 Å². The Morgan fingerprint density at radius 2 is 1.47 bits per heavy atom. The molecule has 1 atom stereocenters. The lowest BCUT2D eigenvalue weighted by atomic mass is 10.2. The average molecular weight is 243 g/mol. The summed E-state index contributed by atoms with van der Waals surface area (Å²) in [5, 5.41) is 11.9. The van der Waals surface area contributed by atoms with Crippen molar-refractivity contribution in [3.63, 3.8) is 0 Å². The van der Waals surface area contributed by atoms with Gasteiger partial charge in [0.2, 0.25) is 0 Å². The van der Waals surface area contributed by atoms with Crippen LogP contribution < -0.4 is 0 Å². The van der Waals surface area contributed by atoms with Crippen molar-refractivity contribution in [2.75, 3.05) is 6.26 Å². The predicted octanol–water partition coefficient (Wildman–Crippen LogP) is 3.85. The largest absolute Gasteiger partial charge is 0.503 e. The summed E-state index contributed by atoms with van der Waals surface area (Å²) in [5.74, 6) is 0.347. The fourth-order valence-corrected chi connectivity index (χ4v) is 2.74. The Hall–Kier alpha value is -1.67. The lowest BCUT2D eigenvalue weighted by Gasteiger charge is -2.00. The fraction of sp³-hybridized carbons (Fsp3) is 0.0667. The van der Waals surface area contributed by atoms with Gasteiger partial charge in [0.15, 0.2) is 16.1 Å². The van der Waals surface area contributed by atoms with Crippen molar-refractivity contribution in [2.45, 2.75) is 4.90 Å². The second-order valence-electron chi connectivity index (χ2n) is 3.74. The van der Waals surface area contributed by atoms with E-state index in [4.69, 9.17) is 0 Å². The van der Waals surface area contributed by atoms with E-state index in [0.29, 0.717) is 5.76 Å². The molecule has 0 aliphatic rings. The summed E-state index contributed by atoms with van der Waals surface area (Å²) < 4.78 is 0. The van der Waals surface area contributed by atoms with Crippen molar-refractivity contribution in [2.24, 2.45) is 0 Å². The van der Waals surface area contributed by atoms with Crippen LogP contribution in [0.25, 0.3) is 5.76 Å². The van der Waals surface area contributed by atoms with Gasteiger partial charge in [-0.25, -0.2) is 0 Å². The Labute approximate surface area is 105 Å². The quantitative estimate of drug-likeness (QED) is 0.641. The van der Waals surface area contributed by atoms with Crippen molar-refractivity contribution < 1.29 is 5.11 Å². The van der Waals surface area contributed by atoms with Gasteiger partial charge in [0.25, 0.3) is 0 Å². The minimum atomic E-state index is -0.0760. The van der Waals surface area contributed by atoms with E-state index in [1.807, 2.05) is 53.9 Å². The molecule has 0 spiro atoms. The van der Waals surface area contributed by atoms with E-state index in [-0.39, 0.29) is 10.9 Å². The first-order chi connectivity index (χ1) is 8.27. The van der Waals surface area contributed by atoms with Gasteiger partial charge in [0.1, 0.15) is 6.26 Å². The van der Waals surface area contributed by atoms with Crippen LogP contribution in [0.2, 0.25) is 0 Å². The maximum absolute atomic E-state index is 10.0. The highest BCUT2D eigenvalue weighted by molar-refractivity contribution is 7.99. The summed E-state index contributed by atoms with van der Waals surface area (Å²) in [5.41, 5.74) is 0.864. The SMILES string of the molecule is C[S+](/C=C(\O)c1ccccc1)c1ccccc1. The zero-order chi connectivity index (χ0) is 12.1. The van der Waals surface area contributed by atoms with Gasteiger partial charge in [0, 0.05) is 5.56 Å². The Kier molecular flexibility index (Phi) is 3.89. The van der Waals surface area contributed by atoms with Crippen molar-refractivity contribution in [3.8, 4) is 0 Å². The number of aliphatic hydroxyl groups excluding tert-OH is 1. The van der Waals surface area contributed by atoms with E-state index in [2.05, 4.69) is 18.4 Å². The molecular weight excluding hydrogens is 228 g/mol. The van der Waals surface area contributed by atoms with E-state index in [9.17, 15) is 5.11 Å². The van der Waals surface area contributed by atoms with Crippen molar-refractivity contribution in [1.82, 2.24) is 0 Å². The van der Waals surface area contributed by atoms with Gasteiger partial charge in [-0.05, 0) is 12.1 Å². The summed E-state index contributed by atoms with van der Waals surface area (Å²) in [4.78, 5) is 1.23. The van der Waals surface area contributed by atoms with Crippen LogP contribution >= 0.6 is 0 Å². The third kappa shape index (κ3) is 3.14. The summed E-state index contributed by atoms with van der Waals surface area (Å²) in [6.45, 7) is 0. The normalized spacial score (nSPS) is 13.4. The molecule has 0 fully saturated rings. The molecule has 2 aromatic carbocycles. The highest BCUT2D eigenvalue weighted by Crippen LogP contribution is 2.18. The molecule has 1 N–H and O–H groups in total. The molecule has 2 aromatic rings. The van der Waals surface area contributed by atoms with Gasteiger partial charge in [0.05, 0.1) is 10.9 Å². The summed E-state index contributed by atoms with van der Waals surface area (Å²) in [6, 6.07) is 19.8. The third-order valence-corrected chi connectivity index (χ3v) is 4.07. The molecule has 17 heavy (non-hydrogen) atoms. The molecule has 0 heterocycles. The number of aliphatic hydroxyl groups is 1. The van der Waals surface area contributed by atoms with Crippen LogP contribution in [0.15, 0.2) is 71.0 Å². The van der Waals surface area contributed by atoms with Gasteiger partial charge in [-0.1, -0.05) is 48.5 Å². The van der Waals surface area contributed by atoms with Crippen LogP contribution in [0.4, 0.5) is 0 Å². The maximum atomic E-state index is 10.0. The standard InChI is InChI=1S/C15H14OS/c1-17(14-10-6-3-7-11-14)12-15(16)13-8-4-2-5-9-13/h2-12H,1H3/p+1/b15-12-. The third-order valence-electron chi connectivity index (χ3n) is 2.47. The van der Waals surface area contributed by atoms with Crippen LogP contribution in [-0.4, -0.2) is 11.4 Å². The molecule has 86 valence electrons. The molecule has 0 bridgehead atoms. The van der Waals surface area contributed by atoms with Gasteiger partial charge in [-0.2, -0.15) is 0 Å².